The lowest BCUT2D eigenvalue weighted by atomic mass is 10.0. The molecule has 1 aromatic carbocycles. The Labute approximate surface area is 113 Å². The molecule has 0 saturated carbocycles. The van der Waals surface area contributed by atoms with Crippen molar-refractivity contribution < 1.29 is 0 Å². The summed E-state index contributed by atoms with van der Waals surface area (Å²) in [6, 6.07) is 9.35. The van der Waals surface area contributed by atoms with Crippen molar-refractivity contribution in [3.05, 3.63) is 34.9 Å². The minimum absolute atomic E-state index is 0.503. The predicted octanol–water partition coefficient (Wildman–Crippen LogP) is 3.76. The fraction of sp³-hybridized carbons (Fsp3) is 0.571. The van der Waals surface area contributed by atoms with Gasteiger partial charge in [0.1, 0.15) is 0 Å². The highest BCUT2D eigenvalue weighted by atomic mass is 35.5. The third kappa shape index (κ3) is 4.20. The molecule has 1 nitrogen and oxygen atoms in total. The minimum Gasteiger partial charge on any atom is -0.311 e. The van der Waals surface area contributed by atoms with Gasteiger partial charge in [-0.05, 0) is 49.3 Å². The summed E-state index contributed by atoms with van der Waals surface area (Å²) in [5.74, 6) is 2.60. The summed E-state index contributed by atoms with van der Waals surface area (Å²) < 4.78 is 0. The van der Waals surface area contributed by atoms with Gasteiger partial charge in [0.25, 0.3) is 0 Å². The number of benzene rings is 1. The van der Waals surface area contributed by atoms with Crippen LogP contribution in [0.2, 0.25) is 5.02 Å². The maximum absolute atomic E-state index is 6.18. The van der Waals surface area contributed by atoms with E-state index in [4.69, 9.17) is 11.6 Å². The van der Waals surface area contributed by atoms with E-state index in [1.54, 1.807) is 0 Å². The fourth-order valence-electron chi connectivity index (χ4n) is 2.32. The number of rotatable bonds is 4. The summed E-state index contributed by atoms with van der Waals surface area (Å²) in [5, 5.41) is 4.61. The SMILES string of the molecule is CC(Cc1ccccc1Cl)NC1CCSCC1. The molecule has 1 aliphatic rings. The molecule has 94 valence electrons. The summed E-state index contributed by atoms with van der Waals surface area (Å²) in [6.45, 7) is 2.26. The van der Waals surface area contributed by atoms with Gasteiger partial charge in [0.2, 0.25) is 0 Å². The first-order chi connectivity index (χ1) is 8.25. The Balaban J connectivity index is 1.84. The van der Waals surface area contributed by atoms with E-state index >= 15 is 0 Å². The average Bonchev–Trinajstić information content (AvgIpc) is 2.33. The number of hydrogen-bond acceptors (Lipinski definition) is 2. The second-order valence-electron chi connectivity index (χ2n) is 4.75. The summed E-state index contributed by atoms with van der Waals surface area (Å²) in [6.07, 6.45) is 3.62. The quantitative estimate of drug-likeness (QED) is 0.893. The van der Waals surface area contributed by atoms with Crippen LogP contribution in [-0.4, -0.2) is 23.6 Å². The highest BCUT2D eigenvalue weighted by Gasteiger charge is 2.16. The molecule has 0 aromatic heterocycles. The van der Waals surface area contributed by atoms with Crippen molar-refractivity contribution in [2.24, 2.45) is 0 Å². The van der Waals surface area contributed by atoms with Crippen molar-refractivity contribution >= 4 is 23.4 Å². The van der Waals surface area contributed by atoms with Crippen LogP contribution in [0.5, 0.6) is 0 Å². The van der Waals surface area contributed by atoms with Gasteiger partial charge in [0.05, 0.1) is 0 Å². The van der Waals surface area contributed by atoms with Crippen LogP contribution < -0.4 is 5.32 Å². The van der Waals surface area contributed by atoms with E-state index in [0.717, 1.165) is 11.4 Å². The molecule has 0 aliphatic carbocycles. The molecule has 1 atom stereocenters. The van der Waals surface area contributed by atoms with Crippen molar-refractivity contribution in [2.45, 2.75) is 38.3 Å². The molecular weight excluding hydrogens is 250 g/mol. The molecule has 0 spiro atoms. The number of hydrogen-bond donors (Lipinski definition) is 1. The summed E-state index contributed by atoms with van der Waals surface area (Å²) in [7, 11) is 0. The minimum atomic E-state index is 0.503. The molecule has 1 fully saturated rings. The van der Waals surface area contributed by atoms with Crippen molar-refractivity contribution in [1.82, 2.24) is 5.32 Å². The van der Waals surface area contributed by atoms with Crippen LogP contribution in [0.1, 0.15) is 25.3 Å². The van der Waals surface area contributed by atoms with Crippen LogP contribution >= 0.6 is 23.4 Å². The van der Waals surface area contributed by atoms with E-state index in [1.807, 2.05) is 12.1 Å². The first-order valence-electron chi connectivity index (χ1n) is 6.33. The molecule has 2 rings (SSSR count). The summed E-state index contributed by atoms with van der Waals surface area (Å²) >= 11 is 8.25. The van der Waals surface area contributed by atoms with Crippen molar-refractivity contribution in [3.63, 3.8) is 0 Å². The molecule has 1 N–H and O–H groups in total. The lowest BCUT2D eigenvalue weighted by Gasteiger charge is -2.26. The summed E-state index contributed by atoms with van der Waals surface area (Å²) in [5.41, 5.74) is 1.25. The molecule has 3 heteroatoms. The van der Waals surface area contributed by atoms with E-state index in [1.165, 1.54) is 29.9 Å². The molecule has 1 aromatic rings. The first kappa shape index (κ1) is 13.3. The molecule has 0 radical (unpaired) electrons. The van der Waals surface area contributed by atoms with Gasteiger partial charge in [-0.3, -0.25) is 0 Å². The Morgan fingerprint density at radius 2 is 2.06 bits per heavy atom. The molecule has 1 heterocycles. The van der Waals surface area contributed by atoms with E-state index in [2.05, 4.69) is 36.1 Å². The van der Waals surface area contributed by atoms with Gasteiger partial charge in [-0.1, -0.05) is 29.8 Å². The molecule has 1 saturated heterocycles. The predicted molar refractivity (Wildman–Crippen MR) is 78.1 cm³/mol. The lowest BCUT2D eigenvalue weighted by Crippen LogP contribution is -2.39. The van der Waals surface area contributed by atoms with Crippen molar-refractivity contribution in [1.29, 1.82) is 0 Å². The lowest BCUT2D eigenvalue weighted by molar-refractivity contribution is 0.421. The van der Waals surface area contributed by atoms with Crippen LogP contribution in [0.15, 0.2) is 24.3 Å². The fourth-order valence-corrected chi connectivity index (χ4v) is 3.64. The van der Waals surface area contributed by atoms with Crippen LogP contribution in [0, 0.1) is 0 Å². The van der Waals surface area contributed by atoms with Gasteiger partial charge >= 0.3 is 0 Å². The highest BCUT2D eigenvalue weighted by molar-refractivity contribution is 7.99. The Bertz CT molecular complexity index is 350. The van der Waals surface area contributed by atoms with Gasteiger partial charge in [-0.15, -0.1) is 0 Å². The van der Waals surface area contributed by atoms with Gasteiger partial charge in [-0.2, -0.15) is 11.8 Å². The third-order valence-electron chi connectivity index (χ3n) is 3.23. The maximum atomic E-state index is 6.18. The van der Waals surface area contributed by atoms with Crippen molar-refractivity contribution in [3.8, 4) is 0 Å². The number of nitrogens with one attached hydrogen (secondary N) is 1. The molecule has 1 aliphatic heterocycles. The standard InChI is InChI=1S/C14H20ClNS/c1-11(16-13-6-8-17-9-7-13)10-12-4-2-3-5-14(12)15/h2-5,11,13,16H,6-10H2,1H3. The zero-order chi connectivity index (χ0) is 12.1. The van der Waals surface area contributed by atoms with Crippen molar-refractivity contribution in [2.75, 3.05) is 11.5 Å². The highest BCUT2D eigenvalue weighted by Crippen LogP contribution is 2.19. The largest absolute Gasteiger partial charge is 0.311 e. The second-order valence-corrected chi connectivity index (χ2v) is 6.38. The average molecular weight is 270 g/mol. The van der Waals surface area contributed by atoms with E-state index in [0.29, 0.717) is 12.1 Å². The maximum Gasteiger partial charge on any atom is 0.0438 e. The zero-order valence-electron chi connectivity index (χ0n) is 10.3. The summed E-state index contributed by atoms with van der Waals surface area (Å²) in [4.78, 5) is 0. The van der Waals surface area contributed by atoms with Gasteiger partial charge in [0.15, 0.2) is 0 Å². The van der Waals surface area contributed by atoms with Gasteiger partial charge < -0.3 is 5.32 Å². The molecule has 0 amide bonds. The Morgan fingerprint density at radius 3 is 2.76 bits per heavy atom. The molecule has 0 bridgehead atoms. The Morgan fingerprint density at radius 1 is 1.35 bits per heavy atom. The number of thioether (sulfide) groups is 1. The van der Waals surface area contributed by atoms with E-state index in [9.17, 15) is 0 Å². The molecule has 1 unspecified atom stereocenters. The molecule has 17 heavy (non-hydrogen) atoms. The van der Waals surface area contributed by atoms with Crippen LogP contribution in [0.25, 0.3) is 0 Å². The Kier molecular flexibility index (Phi) is 5.20. The smallest absolute Gasteiger partial charge is 0.0438 e. The molecular formula is C14H20ClNS. The van der Waals surface area contributed by atoms with Gasteiger partial charge in [-0.25, -0.2) is 0 Å². The second kappa shape index (κ2) is 6.67. The van der Waals surface area contributed by atoms with Crippen LogP contribution in [0.3, 0.4) is 0 Å². The van der Waals surface area contributed by atoms with Crippen LogP contribution in [-0.2, 0) is 6.42 Å². The van der Waals surface area contributed by atoms with Gasteiger partial charge in [0, 0.05) is 17.1 Å². The van der Waals surface area contributed by atoms with Crippen LogP contribution in [0.4, 0.5) is 0 Å². The number of halogens is 1. The third-order valence-corrected chi connectivity index (χ3v) is 4.64. The van der Waals surface area contributed by atoms with E-state index in [-0.39, 0.29) is 0 Å². The monoisotopic (exact) mass is 269 g/mol. The van der Waals surface area contributed by atoms with E-state index < -0.39 is 0 Å². The Hall–Kier alpha value is -0.180. The topological polar surface area (TPSA) is 12.0 Å². The zero-order valence-corrected chi connectivity index (χ0v) is 11.9. The normalized spacial score (nSPS) is 19.2. The first-order valence-corrected chi connectivity index (χ1v) is 7.86.